The van der Waals surface area contributed by atoms with Crippen molar-refractivity contribution in [2.45, 2.75) is 26.4 Å². The quantitative estimate of drug-likeness (QED) is 0.808. The van der Waals surface area contributed by atoms with Crippen LogP contribution in [0.3, 0.4) is 0 Å². The number of rotatable bonds is 7. The van der Waals surface area contributed by atoms with Crippen molar-refractivity contribution < 1.29 is 19.1 Å². The third-order valence-electron chi connectivity index (χ3n) is 3.47. The summed E-state index contributed by atoms with van der Waals surface area (Å²) in [5.41, 5.74) is 1.30. The van der Waals surface area contributed by atoms with Gasteiger partial charge in [-0.2, -0.15) is 0 Å². The first-order valence-electron chi connectivity index (χ1n) is 8.01. The lowest BCUT2D eigenvalue weighted by molar-refractivity contribution is -0.122. The summed E-state index contributed by atoms with van der Waals surface area (Å²) >= 11 is 0. The van der Waals surface area contributed by atoms with Gasteiger partial charge < -0.3 is 20.1 Å². The van der Waals surface area contributed by atoms with Crippen molar-refractivity contribution in [1.29, 1.82) is 0 Å². The van der Waals surface area contributed by atoms with Crippen LogP contribution >= 0.6 is 0 Å². The number of ether oxygens (including phenoxy) is 2. The van der Waals surface area contributed by atoms with Crippen LogP contribution in [-0.2, 0) is 9.59 Å². The van der Waals surface area contributed by atoms with Crippen LogP contribution in [-0.4, -0.2) is 25.0 Å². The average molecular weight is 342 g/mol. The Balaban J connectivity index is 2.03. The average Bonchev–Trinajstić information content (AvgIpc) is 2.61. The van der Waals surface area contributed by atoms with Gasteiger partial charge in [-0.1, -0.05) is 19.1 Å². The summed E-state index contributed by atoms with van der Waals surface area (Å²) in [5, 5.41) is 5.49. The minimum Gasteiger partial charge on any atom is -0.493 e. The third kappa shape index (κ3) is 5.24. The van der Waals surface area contributed by atoms with Crippen LogP contribution in [0.1, 0.15) is 20.3 Å². The molecule has 1 atom stereocenters. The lowest BCUT2D eigenvalue weighted by Gasteiger charge is -2.19. The van der Waals surface area contributed by atoms with Gasteiger partial charge in [0.05, 0.1) is 7.11 Å². The molecule has 0 radical (unpaired) electrons. The molecule has 2 N–H and O–H groups in total. The molecule has 0 spiro atoms. The Morgan fingerprint density at radius 1 is 0.960 bits per heavy atom. The van der Waals surface area contributed by atoms with E-state index in [4.69, 9.17) is 9.47 Å². The Hall–Kier alpha value is -3.02. The lowest BCUT2D eigenvalue weighted by Crippen LogP contribution is -2.32. The highest BCUT2D eigenvalue weighted by atomic mass is 16.5. The summed E-state index contributed by atoms with van der Waals surface area (Å²) < 4.78 is 11.0. The van der Waals surface area contributed by atoms with Crippen LogP contribution in [0.15, 0.2) is 48.5 Å². The minimum atomic E-state index is -0.647. The molecule has 132 valence electrons. The van der Waals surface area contributed by atoms with E-state index >= 15 is 0 Å². The zero-order valence-corrected chi connectivity index (χ0v) is 14.5. The maximum atomic E-state index is 12.5. The molecule has 2 aromatic rings. The van der Waals surface area contributed by atoms with E-state index in [1.54, 1.807) is 43.5 Å². The molecule has 0 aliphatic rings. The second-order valence-corrected chi connectivity index (χ2v) is 5.41. The Kier molecular flexibility index (Phi) is 6.39. The number of methoxy groups -OCH3 is 1. The summed E-state index contributed by atoms with van der Waals surface area (Å²) in [6.07, 6.45) is -0.139. The Morgan fingerprint density at radius 2 is 1.52 bits per heavy atom. The van der Waals surface area contributed by atoms with Gasteiger partial charge in [0.1, 0.15) is 0 Å². The SMILES string of the molecule is CCC(Oc1ccccc1OC)C(=O)Nc1ccc(NC(C)=O)cc1. The van der Waals surface area contributed by atoms with Crippen LogP contribution in [0.5, 0.6) is 11.5 Å². The van der Waals surface area contributed by atoms with Crippen molar-refractivity contribution in [3.8, 4) is 11.5 Å². The predicted octanol–water partition coefficient (Wildman–Crippen LogP) is 3.45. The fourth-order valence-electron chi connectivity index (χ4n) is 2.25. The molecule has 2 amide bonds. The molecule has 6 nitrogen and oxygen atoms in total. The van der Waals surface area contributed by atoms with Gasteiger partial charge >= 0.3 is 0 Å². The van der Waals surface area contributed by atoms with E-state index in [1.807, 2.05) is 19.1 Å². The smallest absolute Gasteiger partial charge is 0.265 e. The van der Waals surface area contributed by atoms with Crippen molar-refractivity contribution in [2.24, 2.45) is 0 Å². The number of anilines is 2. The van der Waals surface area contributed by atoms with Crippen molar-refractivity contribution in [3.05, 3.63) is 48.5 Å². The highest BCUT2D eigenvalue weighted by Crippen LogP contribution is 2.27. The van der Waals surface area contributed by atoms with Gasteiger partial charge in [-0.3, -0.25) is 9.59 Å². The summed E-state index contributed by atoms with van der Waals surface area (Å²) in [5.74, 6) is 0.704. The van der Waals surface area contributed by atoms with Gasteiger partial charge in [0, 0.05) is 18.3 Å². The number of benzene rings is 2. The van der Waals surface area contributed by atoms with E-state index in [2.05, 4.69) is 10.6 Å². The number of hydrogen-bond donors (Lipinski definition) is 2. The lowest BCUT2D eigenvalue weighted by atomic mass is 10.2. The normalized spacial score (nSPS) is 11.3. The van der Waals surface area contributed by atoms with E-state index in [9.17, 15) is 9.59 Å². The fraction of sp³-hybridized carbons (Fsp3) is 0.263. The largest absolute Gasteiger partial charge is 0.493 e. The molecule has 0 aliphatic carbocycles. The van der Waals surface area contributed by atoms with E-state index in [-0.39, 0.29) is 11.8 Å². The molecular formula is C19H22N2O4. The van der Waals surface area contributed by atoms with Gasteiger partial charge in [0.2, 0.25) is 5.91 Å². The summed E-state index contributed by atoms with van der Waals surface area (Å²) in [6, 6.07) is 14.1. The molecule has 25 heavy (non-hydrogen) atoms. The highest BCUT2D eigenvalue weighted by molar-refractivity contribution is 5.95. The third-order valence-corrected chi connectivity index (χ3v) is 3.47. The maximum Gasteiger partial charge on any atom is 0.265 e. The molecule has 0 saturated carbocycles. The maximum absolute atomic E-state index is 12.5. The van der Waals surface area contributed by atoms with Crippen molar-refractivity contribution in [2.75, 3.05) is 17.7 Å². The molecule has 0 saturated heterocycles. The van der Waals surface area contributed by atoms with Crippen molar-refractivity contribution >= 4 is 23.2 Å². The highest BCUT2D eigenvalue weighted by Gasteiger charge is 2.20. The molecule has 0 heterocycles. The molecule has 0 aromatic heterocycles. The van der Waals surface area contributed by atoms with Gasteiger partial charge in [-0.15, -0.1) is 0 Å². The number of amides is 2. The Labute approximate surface area is 147 Å². The van der Waals surface area contributed by atoms with Crippen LogP contribution in [0.4, 0.5) is 11.4 Å². The molecule has 1 unspecified atom stereocenters. The van der Waals surface area contributed by atoms with E-state index in [0.717, 1.165) is 0 Å². The van der Waals surface area contributed by atoms with Crippen LogP contribution < -0.4 is 20.1 Å². The minimum absolute atomic E-state index is 0.145. The van der Waals surface area contributed by atoms with E-state index in [1.165, 1.54) is 6.92 Å². The summed E-state index contributed by atoms with van der Waals surface area (Å²) in [6.45, 7) is 3.32. The van der Waals surface area contributed by atoms with Crippen molar-refractivity contribution in [3.63, 3.8) is 0 Å². The molecule has 2 rings (SSSR count). The molecule has 2 aromatic carbocycles. The number of carbonyl (C=O) groups excluding carboxylic acids is 2. The van der Waals surface area contributed by atoms with E-state index < -0.39 is 6.10 Å². The number of para-hydroxylation sites is 2. The molecule has 0 fully saturated rings. The zero-order valence-electron chi connectivity index (χ0n) is 14.5. The number of carbonyl (C=O) groups is 2. The van der Waals surface area contributed by atoms with Gasteiger partial charge in [-0.25, -0.2) is 0 Å². The van der Waals surface area contributed by atoms with Gasteiger partial charge in [0.15, 0.2) is 17.6 Å². The predicted molar refractivity (Wildman–Crippen MR) is 97.1 cm³/mol. The zero-order chi connectivity index (χ0) is 18.2. The first kappa shape index (κ1) is 18.3. The standard InChI is InChI=1S/C19H22N2O4/c1-4-16(25-18-8-6-5-7-17(18)24-3)19(23)21-15-11-9-14(10-12-15)20-13(2)22/h5-12,16H,4H2,1-3H3,(H,20,22)(H,21,23). The summed E-state index contributed by atoms with van der Waals surface area (Å²) in [4.78, 5) is 23.5. The van der Waals surface area contributed by atoms with Gasteiger partial charge in [-0.05, 0) is 42.8 Å². The first-order chi connectivity index (χ1) is 12.0. The van der Waals surface area contributed by atoms with Crippen LogP contribution in [0.25, 0.3) is 0 Å². The van der Waals surface area contributed by atoms with Gasteiger partial charge in [0.25, 0.3) is 5.91 Å². The number of nitrogens with one attached hydrogen (secondary N) is 2. The second-order valence-electron chi connectivity index (χ2n) is 5.41. The number of hydrogen-bond acceptors (Lipinski definition) is 4. The molecule has 0 aliphatic heterocycles. The Bertz CT molecular complexity index is 728. The van der Waals surface area contributed by atoms with E-state index in [0.29, 0.717) is 29.3 Å². The van der Waals surface area contributed by atoms with Crippen LogP contribution in [0.2, 0.25) is 0 Å². The second kappa shape index (κ2) is 8.73. The van der Waals surface area contributed by atoms with Crippen LogP contribution in [0, 0.1) is 0 Å². The fourth-order valence-corrected chi connectivity index (χ4v) is 2.25. The Morgan fingerprint density at radius 3 is 2.04 bits per heavy atom. The topological polar surface area (TPSA) is 76.7 Å². The monoisotopic (exact) mass is 342 g/mol. The first-order valence-corrected chi connectivity index (χ1v) is 8.01. The molecule has 6 heteroatoms. The molecule has 0 bridgehead atoms. The summed E-state index contributed by atoms with van der Waals surface area (Å²) in [7, 11) is 1.56. The molecular weight excluding hydrogens is 320 g/mol. The van der Waals surface area contributed by atoms with Crippen molar-refractivity contribution in [1.82, 2.24) is 0 Å².